The van der Waals surface area contributed by atoms with E-state index in [9.17, 15) is 0 Å². The monoisotopic (exact) mass is 532 g/mol. The van der Waals surface area contributed by atoms with Crippen molar-refractivity contribution in [2.75, 3.05) is 39.3 Å². The predicted molar refractivity (Wildman–Crippen MR) is 167 cm³/mol. The molecule has 3 heteroatoms. The summed E-state index contributed by atoms with van der Waals surface area (Å²) in [6.07, 6.45) is 1.93. The fourth-order valence-corrected chi connectivity index (χ4v) is 6.36. The molecule has 208 valence electrons. The lowest BCUT2D eigenvalue weighted by atomic mass is 9.81. The van der Waals surface area contributed by atoms with Crippen molar-refractivity contribution in [2.45, 2.75) is 45.3 Å². The van der Waals surface area contributed by atoms with Crippen molar-refractivity contribution >= 4 is 0 Å². The second-order valence-electron chi connectivity index (χ2n) is 11.2. The highest BCUT2D eigenvalue weighted by Gasteiger charge is 2.35. The molecule has 0 radical (unpaired) electrons. The van der Waals surface area contributed by atoms with Gasteiger partial charge in [0, 0.05) is 39.3 Å². The van der Waals surface area contributed by atoms with Crippen molar-refractivity contribution in [1.29, 1.82) is 0 Å². The maximum Gasteiger partial charge on any atom is 0.118 e. The molecule has 3 nitrogen and oxygen atoms in total. The molecule has 0 bridgehead atoms. The van der Waals surface area contributed by atoms with Gasteiger partial charge in [-0.1, -0.05) is 122 Å². The lowest BCUT2D eigenvalue weighted by Crippen LogP contribution is -2.48. The van der Waals surface area contributed by atoms with E-state index in [1.165, 1.54) is 33.4 Å². The summed E-state index contributed by atoms with van der Waals surface area (Å²) in [6.45, 7) is 12.8. The van der Waals surface area contributed by atoms with Crippen LogP contribution in [0.4, 0.5) is 0 Å². The highest BCUT2D eigenvalue weighted by molar-refractivity contribution is 5.43. The molecule has 0 amide bonds. The summed E-state index contributed by atoms with van der Waals surface area (Å²) in [5.41, 5.74) is 7.43. The molecule has 4 aromatic rings. The smallest absolute Gasteiger partial charge is 0.118 e. The Labute approximate surface area is 241 Å². The first kappa shape index (κ1) is 28.3. The van der Waals surface area contributed by atoms with Gasteiger partial charge in [-0.05, 0) is 54.5 Å². The Hall–Kier alpha value is -3.24. The van der Waals surface area contributed by atoms with Gasteiger partial charge in [-0.2, -0.15) is 0 Å². The molecular formula is C37H44N2O. The SMILES string of the molecule is CCC(OCCCN1CCN(C(c2ccccc2)c2ccccc2)CC1)(c1ccccc1)c1cc(C)ccc1C. The average molecular weight is 533 g/mol. The number of aryl methyl sites for hydroxylation is 2. The van der Waals surface area contributed by atoms with Gasteiger partial charge in [0.2, 0.25) is 0 Å². The standard InChI is InChI=1S/C37H44N2O/c1-4-37(34-19-12-7-13-20-34,35-29-30(2)21-22-31(35)3)40-28-14-23-38-24-26-39(27-25-38)36(32-15-8-5-9-16-32)33-17-10-6-11-18-33/h5-13,15-22,29,36H,4,14,23-28H2,1-3H3. The minimum Gasteiger partial charge on any atom is -0.365 e. The predicted octanol–water partition coefficient (Wildman–Crippen LogP) is 7.77. The van der Waals surface area contributed by atoms with Gasteiger partial charge >= 0.3 is 0 Å². The van der Waals surface area contributed by atoms with Gasteiger partial charge in [0.1, 0.15) is 5.60 Å². The normalized spacial score (nSPS) is 16.2. The topological polar surface area (TPSA) is 15.7 Å². The Balaban J connectivity index is 1.22. The third kappa shape index (κ3) is 6.39. The maximum atomic E-state index is 6.92. The molecule has 1 aliphatic rings. The highest BCUT2D eigenvalue weighted by Crippen LogP contribution is 2.39. The number of piperazine rings is 1. The van der Waals surface area contributed by atoms with Crippen LogP contribution in [0.15, 0.2) is 109 Å². The molecule has 0 spiro atoms. The Kier molecular flexibility index (Phi) is 9.49. The largest absolute Gasteiger partial charge is 0.365 e. The first-order valence-electron chi connectivity index (χ1n) is 14.9. The average Bonchev–Trinajstić information content (AvgIpc) is 3.01. The van der Waals surface area contributed by atoms with Gasteiger partial charge in [0.25, 0.3) is 0 Å². The van der Waals surface area contributed by atoms with Crippen LogP contribution in [0, 0.1) is 13.8 Å². The molecule has 1 heterocycles. The Bertz CT molecular complexity index is 1280. The number of rotatable bonds is 11. The van der Waals surface area contributed by atoms with Crippen LogP contribution >= 0.6 is 0 Å². The Morgan fingerprint density at radius 1 is 0.725 bits per heavy atom. The van der Waals surface area contributed by atoms with Crippen LogP contribution in [0.25, 0.3) is 0 Å². The Morgan fingerprint density at radius 3 is 1.88 bits per heavy atom. The first-order chi connectivity index (χ1) is 19.6. The molecule has 4 aromatic carbocycles. The number of ether oxygens (including phenoxy) is 1. The molecule has 1 fully saturated rings. The van der Waals surface area contributed by atoms with Gasteiger partial charge in [-0.3, -0.25) is 4.90 Å². The van der Waals surface area contributed by atoms with Crippen LogP contribution in [-0.4, -0.2) is 49.1 Å². The van der Waals surface area contributed by atoms with E-state index >= 15 is 0 Å². The van der Waals surface area contributed by atoms with E-state index in [1.54, 1.807) is 0 Å². The third-order valence-electron chi connectivity index (χ3n) is 8.54. The molecule has 0 aromatic heterocycles. The summed E-state index contributed by atoms with van der Waals surface area (Å²) in [5.74, 6) is 0. The van der Waals surface area contributed by atoms with E-state index in [0.717, 1.165) is 52.2 Å². The van der Waals surface area contributed by atoms with E-state index in [-0.39, 0.29) is 0 Å². The third-order valence-corrected chi connectivity index (χ3v) is 8.54. The molecule has 0 aliphatic carbocycles. The van der Waals surface area contributed by atoms with Crippen LogP contribution in [0.5, 0.6) is 0 Å². The fraction of sp³-hybridized carbons (Fsp3) is 0.351. The molecule has 0 saturated carbocycles. The lowest BCUT2D eigenvalue weighted by Gasteiger charge is -2.40. The summed E-state index contributed by atoms with van der Waals surface area (Å²) in [7, 11) is 0. The van der Waals surface area contributed by atoms with Crippen molar-refractivity contribution in [3.63, 3.8) is 0 Å². The molecular weight excluding hydrogens is 488 g/mol. The van der Waals surface area contributed by atoms with Crippen LogP contribution in [-0.2, 0) is 10.3 Å². The summed E-state index contributed by atoms with van der Waals surface area (Å²) in [4.78, 5) is 5.26. The summed E-state index contributed by atoms with van der Waals surface area (Å²) in [6, 6.07) is 39.8. The lowest BCUT2D eigenvalue weighted by molar-refractivity contribution is -0.0269. The fourth-order valence-electron chi connectivity index (χ4n) is 6.36. The number of benzene rings is 4. The second-order valence-corrected chi connectivity index (χ2v) is 11.2. The van der Waals surface area contributed by atoms with E-state index < -0.39 is 5.60 Å². The molecule has 1 unspecified atom stereocenters. The van der Waals surface area contributed by atoms with Gasteiger partial charge in [0.05, 0.1) is 6.04 Å². The molecule has 5 rings (SSSR count). The van der Waals surface area contributed by atoms with Gasteiger partial charge in [0.15, 0.2) is 0 Å². The van der Waals surface area contributed by atoms with Gasteiger partial charge < -0.3 is 9.64 Å². The summed E-state index contributed by atoms with van der Waals surface area (Å²) >= 11 is 0. The number of hydrogen-bond acceptors (Lipinski definition) is 3. The van der Waals surface area contributed by atoms with Crippen LogP contribution in [0.2, 0.25) is 0 Å². The Morgan fingerprint density at radius 2 is 1.30 bits per heavy atom. The van der Waals surface area contributed by atoms with Crippen LogP contribution in [0.1, 0.15) is 59.2 Å². The first-order valence-corrected chi connectivity index (χ1v) is 14.9. The second kappa shape index (κ2) is 13.4. The van der Waals surface area contributed by atoms with E-state index in [0.29, 0.717) is 6.04 Å². The zero-order chi connectivity index (χ0) is 27.8. The minimum absolute atomic E-state index is 0.307. The highest BCUT2D eigenvalue weighted by atomic mass is 16.5. The molecule has 1 atom stereocenters. The van der Waals surface area contributed by atoms with Crippen molar-refractivity contribution in [2.24, 2.45) is 0 Å². The van der Waals surface area contributed by atoms with Crippen molar-refractivity contribution in [3.05, 3.63) is 143 Å². The maximum absolute atomic E-state index is 6.92. The quantitative estimate of drug-likeness (QED) is 0.184. The minimum atomic E-state index is -0.422. The number of nitrogens with zero attached hydrogens (tertiary/aromatic N) is 2. The number of hydrogen-bond donors (Lipinski definition) is 0. The summed E-state index contributed by atoms with van der Waals surface area (Å²) < 4.78 is 6.92. The van der Waals surface area contributed by atoms with Crippen LogP contribution in [0.3, 0.4) is 0 Å². The molecule has 1 aliphatic heterocycles. The van der Waals surface area contributed by atoms with Gasteiger partial charge in [-0.15, -0.1) is 0 Å². The molecule has 1 saturated heterocycles. The van der Waals surface area contributed by atoms with Crippen molar-refractivity contribution in [1.82, 2.24) is 9.80 Å². The summed E-state index contributed by atoms with van der Waals surface area (Å²) in [5, 5.41) is 0. The zero-order valence-electron chi connectivity index (χ0n) is 24.4. The molecule has 40 heavy (non-hydrogen) atoms. The van der Waals surface area contributed by atoms with E-state index in [4.69, 9.17) is 4.74 Å². The van der Waals surface area contributed by atoms with E-state index in [2.05, 4.69) is 140 Å². The van der Waals surface area contributed by atoms with Gasteiger partial charge in [-0.25, -0.2) is 0 Å². The van der Waals surface area contributed by atoms with Crippen molar-refractivity contribution in [3.8, 4) is 0 Å². The van der Waals surface area contributed by atoms with Crippen molar-refractivity contribution < 1.29 is 4.74 Å². The van der Waals surface area contributed by atoms with E-state index in [1.807, 2.05) is 0 Å². The van der Waals surface area contributed by atoms with Crippen LogP contribution < -0.4 is 0 Å². The molecule has 0 N–H and O–H groups in total. The zero-order valence-corrected chi connectivity index (χ0v) is 24.4.